The number of benzene rings is 3. The van der Waals surface area contributed by atoms with Gasteiger partial charge in [0.05, 0.1) is 5.92 Å². The van der Waals surface area contributed by atoms with Crippen LogP contribution in [-0.2, 0) is 0 Å². The highest BCUT2D eigenvalue weighted by Crippen LogP contribution is 2.29. The lowest BCUT2D eigenvalue weighted by Crippen LogP contribution is -1.97. The lowest BCUT2D eigenvalue weighted by Gasteiger charge is -2.13. The molecule has 0 spiro atoms. The zero-order valence-electron chi connectivity index (χ0n) is 15.2. The molecule has 0 fully saturated rings. The molecule has 3 rings (SSSR count). The molecule has 27 heavy (non-hydrogen) atoms. The lowest BCUT2D eigenvalue weighted by atomic mass is 9.91. The fourth-order valence-corrected chi connectivity index (χ4v) is 2.93. The molecule has 0 amide bonds. The van der Waals surface area contributed by atoms with Gasteiger partial charge >= 0.3 is 0 Å². The van der Waals surface area contributed by atoms with E-state index in [1.807, 2.05) is 60.7 Å². The summed E-state index contributed by atoms with van der Waals surface area (Å²) >= 11 is 0. The first-order valence-electron chi connectivity index (χ1n) is 8.94. The summed E-state index contributed by atoms with van der Waals surface area (Å²) in [5, 5.41) is 0. The van der Waals surface area contributed by atoms with Gasteiger partial charge in [0, 0.05) is 0 Å². The molecule has 132 valence electrons. The summed E-state index contributed by atoms with van der Waals surface area (Å²) in [7, 11) is 0. The van der Waals surface area contributed by atoms with Crippen LogP contribution < -0.4 is 4.74 Å². The molecule has 1 atom stereocenters. The molecular weight excluding hydrogens is 328 g/mol. The third-order valence-corrected chi connectivity index (χ3v) is 4.29. The van der Waals surface area contributed by atoms with E-state index in [0.29, 0.717) is 6.61 Å². The third-order valence-electron chi connectivity index (χ3n) is 4.29. The minimum Gasteiger partial charge on any atom is -0.490 e. The van der Waals surface area contributed by atoms with Gasteiger partial charge in [0.25, 0.3) is 0 Å². The number of ether oxygens (including phenoxy) is 1. The Bertz CT molecular complexity index is 888. The number of hydrogen-bond donors (Lipinski definition) is 0. The van der Waals surface area contributed by atoms with Crippen LogP contribution in [0, 0.1) is 12.3 Å². The molecule has 0 aliphatic rings. The van der Waals surface area contributed by atoms with Gasteiger partial charge in [0.2, 0.25) is 0 Å². The van der Waals surface area contributed by atoms with Crippen LogP contribution in [0.5, 0.6) is 5.75 Å². The van der Waals surface area contributed by atoms with Crippen LogP contribution in [0.15, 0.2) is 104 Å². The Balaban J connectivity index is 1.97. The first-order chi connectivity index (χ1) is 13.3. The smallest absolute Gasteiger partial charge is 0.119 e. The summed E-state index contributed by atoms with van der Waals surface area (Å²) in [6.07, 6.45) is 9.77. The molecule has 0 saturated heterocycles. The topological polar surface area (TPSA) is 9.23 Å². The number of allylic oxidation sites excluding steroid dienone is 1. The molecule has 0 aliphatic carbocycles. The molecule has 3 aromatic carbocycles. The maximum Gasteiger partial charge on any atom is 0.119 e. The highest BCUT2D eigenvalue weighted by atomic mass is 16.5. The molecular formula is C26H22O. The van der Waals surface area contributed by atoms with Gasteiger partial charge in [-0.05, 0) is 34.4 Å². The van der Waals surface area contributed by atoms with Crippen molar-refractivity contribution in [2.75, 3.05) is 6.61 Å². The van der Waals surface area contributed by atoms with E-state index in [0.717, 1.165) is 28.0 Å². The van der Waals surface area contributed by atoms with Crippen LogP contribution in [0.3, 0.4) is 0 Å². The molecule has 0 heterocycles. The third kappa shape index (κ3) is 4.77. The van der Waals surface area contributed by atoms with Gasteiger partial charge in [0.15, 0.2) is 0 Å². The van der Waals surface area contributed by atoms with Crippen molar-refractivity contribution in [1.29, 1.82) is 0 Å². The van der Waals surface area contributed by atoms with Crippen LogP contribution in [0.2, 0.25) is 0 Å². The van der Waals surface area contributed by atoms with Crippen molar-refractivity contribution in [3.63, 3.8) is 0 Å². The second-order valence-electron chi connectivity index (χ2n) is 6.13. The van der Waals surface area contributed by atoms with Crippen molar-refractivity contribution >= 4 is 5.57 Å². The van der Waals surface area contributed by atoms with E-state index in [1.54, 1.807) is 6.08 Å². The molecule has 1 unspecified atom stereocenters. The Kier molecular flexibility index (Phi) is 6.28. The second kappa shape index (κ2) is 9.27. The minimum absolute atomic E-state index is 0.131. The van der Waals surface area contributed by atoms with Gasteiger partial charge in [-0.2, -0.15) is 0 Å². The molecule has 0 aliphatic heterocycles. The molecule has 0 N–H and O–H groups in total. The molecule has 0 aromatic heterocycles. The lowest BCUT2D eigenvalue weighted by molar-refractivity contribution is 0.363. The standard InChI is InChI=1S/C26H22O/c1-3-19-27-25-17-15-22(16-18-25)21(4-2)20-26(23-11-7-5-8-12-23)24-13-9-6-10-14-24/h2-3,5-18,20-21H,1,19H2. The first-order valence-corrected chi connectivity index (χ1v) is 8.94. The minimum atomic E-state index is -0.131. The predicted octanol–water partition coefficient (Wildman–Crippen LogP) is 6.10. The molecule has 0 saturated carbocycles. The quantitative estimate of drug-likeness (QED) is 0.369. The Morgan fingerprint density at radius 2 is 1.44 bits per heavy atom. The number of hydrogen-bond acceptors (Lipinski definition) is 1. The summed E-state index contributed by atoms with van der Waals surface area (Å²) in [5.74, 6) is 3.60. The Morgan fingerprint density at radius 3 is 1.93 bits per heavy atom. The van der Waals surface area contributed by atoms with Crippen LogP contribution in [0.25, 0.3) is 5.57 Å². The van der Waals surface area contributed by atoms with E-state index >= 15 is 0 Å². The van der Waals surface area contributed by atoms with Gasteiger partial charge < -0.3 is 4.74 Å². The van der Waals surface area contributed by atoms with Gasteiger partial charge in [-0.3, -0.25) is 0 Å². The van der Waals surface area contributed by atoms with Crippen molar-refractivity contribution in [2.24, 2.45) is 0 Å². The highest BCUT2D eigenvalue weighted by Gasteiger charge is 2.11. The second-order valence-corrected chi connectivity index (χ2v) is 6.13. The van der Waals surface area contributed by atoms with E-state index in [2.05, 4.69) is 42.8 Å². The van der Waals surface area contributed by atoms with Gasteiger partial charge in [-0.15, -0.1) is 6.42 Å². The van der Waals surface area contributed by atoms with E-state index in [-0.39, 0.29) is 5.92 Å². The summed E-state index contributed by atoms with van der Waals surface area (Å²) in [6.45, 7) is 4.16. The van der Waals surface area contributed by atoms with Crippen LogP contribution in [0.4, 0.5) is 0 Å². The first kappa shape index (κ1) is 18.3. The van der Waals surface area contributed by atoms with Crippen molar-refractivity contribution in [3.8, 4) is 18.1 Å². The molecule has 0 bridgehead atoms. The highest BCUT2D eigenvalue weighted by molar-refractivity contribution is 5.80. The van der Waals surface area contributed by atoms with Crippen LogP contribution in [-0.4, -0.2) is 6.61 Å². The monoisotopic (exact) mass is 350 g/mol. The fourth-order valence-electron chi connectivity index (χ4n) is 2.93. The maximum atomic E-state index is 5.89. The largest absolute Gasteiger partial charge is 0.490 e. The van der Waals surface area contributed by atoms with E-state index in [4.69, 9.17) is 11.2 Å². The molecule has 3 aromatic rings. The average Bonchev–Trinajstić information content (AvgIpc) is 2.75. The van der Waals surface area contributed by atoms with Crippen molar-refractivity contribution in [1.82, 2.24) is 0 Å². The van der Waals surface area contributed by atoms with Crippen molar-refractivity contribution in [2.45, 2.75) is 5.92 Å². The summed E-state index contributed by atoms with van der Waals surface area (Å²) < 4.78 is 5.56. The van der Waals surface area contributed by atoms with Gasteiger partial charge in [0.1, 0.15) is 12.4 Å². The zero-order valence-corrected chi connectivity index (χ0v) is 15.2. The molecule has 0 radical (unpaired) electrons. The Labute approximate surface area is 161 Å². The van der Waals surface area contributed by atoms with E-state index in [1.165, 1.54) is 0 Å². The summed E-state index contributed by atoms with van der Waals surface area (Å²) in [5.41, 5.74) is 4.49. The normalized spacial score (nSPS) is 11.1. The van der Waals surface area contributed by atoms with Crippen molar-refractivity contribution < 1.29 is 4.74 Å². The van der Waals surface area contributed by atoms with Crippen LogP contribution in [0.1, 0.15) is 22.6 Å². The fraction of sp³-hybridized carbons (Fsp3) is 0.0769. The van der Waals surface area contributed by atoms with Gasteiger partial charge in [-0.25, -0.2) is 0 Å². The predicted molar refractivity (Wildman–Crippen MR) is 114 cm³/mol. The molecule has 1 nitrogen and oxygen atoms in total. The number of rotatable bonds is 7. The Hall–Kier alpha value is -3.50. The average molecular weight is 350 g/mol. The van der Waals surface area contributed by atoms with Gasteiger partial charge in [-0.1, -0.05) is 97.4 Å². The zero-order chi connectivity index (χ0) is 18.9. The van der Waals surface area contributed by atoms with E-state index in [9.17, 15) is 0 Å². The number of terminal acetylenes is 1. The SMILES string of the molecule is C#CC(C=C(c1ccccc1)c1ccccc1)c1ccc(OCC=C)cc1. The summed E-state index contributed by atoms with van der Waals surface area (Å²) in [6, 6.07) is 28.6. The van der Waals surface area contributed by atoms with Crippen molar-refractivity contribution in [3.05, 3.63) is 120 Å². The maximum absolute atomic E-state index is 5.89. The summed E-state index contributed by atoms with van der Waals surface area (Å²) in [4.78, 5) is 0. The van der Waals surface area contributed by atoms with E-state index < -0.39 is 0 Å². The Morgan fingerprint density at radius 1 is 0.889 bits per heavy atom. The molecule has 1 heteroatoms. The van der Waals surface area contributed by atoms with Crippen LogP contribution >= 0.6 is 0 Å².